The van der Waals surface area contributed by atoms with Gasteiger partial charge in [-0.15, -0.1) is 0 Å². The molecule has 1 atom stereocenters. The summed E-state index contributed by atoms with van der Waals surface area (Å²) in [7, 11) is 3.27. The van der Waals surface area contributed by atoms with Gasteiger partial charge in [-0.05, 0) is 56.9 Å². The average Bonchev–Trinajstić information content (AvgIpc) is 2.42. The van der Waals surface area contributed by atoms with Gasteiger partial charge in [0.25, 0.3) is 0 Å². The lowest BCUT2D eigenvalue weighted by molar-refractivity contribution is 0.441. The molecule has 0 aliphatic carbocycles. The molecule has 0 heterocycles. The van der Waals surface area contributed by atoms with Crippen molar-refractivity contribution in [3.05, 3.63) is 58.6 Å². The molecular formula is C16H18BrNOS. The van der Waals surface area contributed by atoms with Crippen LogP contribution in [0.1, 0.15) is 5.56 Å². The Morgan fingerprint density at radius 1 is 1.10 bits per heavy atom. The van der Waals surface area contributed by atoms with Crippen LogP contribution in [0.25, 0.3) is 0 Å². The smallest absolute Gasteiger partial charge is 0.154 e. The third-order valence-corrected chi connectivity index (χ3v) is 5.77. The van der Waals surface area contributed by atoms with Crippen molar-refractivity contribution in [3.63, 3.8) is 0 Å². The maximum absolute atomic E-state index is 10.5. The van der Waals surface area contributed by atoms with E-state index < -0.39 is 10.5 Å². The number of nitrogens with zero attached hydrogens (tertiary/aromatic N) is 1. The van der Waals surface area contributed by atoms with Crippen LogP contribution in [-0.2, 0) is 0 Å². The van der Waals surface area contributed by atoms with Gasteiger partial charge in [-0.2, -0.15) is 0 Å². The molecule has 0 aliphatic rings. The number of hydrogen-bond donors (Lipinski definition) is 1. The minimum atomic E-state index is -0.469. The Kier molecular flexibility index (Phi) is 5.16. The van der Waals surface area contributed by atoms with Crippen molar-refractivity contribution in [3.8, 4) is 0 Å². The monoisotopic (exact) mass is 351 g/mol. The van der Waals surface area contributed by atoms with Gasteiger partial charge < -0.3 is 5.11 Å². The summed E-state index contributed by atoms with van der Waals surface area (Å²) >= 11 is 3.49. The normalized spacial score (nSPS) is 13.4. The molecule has 0 spiro atoms. The van der Waals surface area contributed by atoms with Crippen molar-refractivity contribution in [1.82, 2.24) is 4.90 Å². The van der Waals surface area contributed by atoms with Crippen molar-refractivity contribution < 1.29 is 5.11 Å². The van der Waals surface area contributed by atoms with Crippen molar-refractivity contribution in [2.75, 3.05) is 14.1 Å². The summed E-state index contributed by atoms with van der Waals surface area (Å²) in [6.45, 7) is 2.08. The number of benzene rings is 2. The fraction of sp³-hybridized carbons (Fsp3) is 0.188. The summed E-state index contributed by atoms with van der Waals surface area (Å²) < 4.78 is 1.06. The summed E-state index contributed by atoms with van der Waals surface area (Å²) in [6.07, 6.45) is 0. The van der Waals surface area contributed by atoms with Gasteiger partial charge in [0.15, 0.2) is 5.17 Å². The van der Waals surface area contributed by atoms with Crippen LogP contribution in [0.15, 0.2) is 62.8 Å². The third-order valence-electron chi connectivity index (χ3n) is 2.90. The molecule has 0 saturated carbocycles. The number of aliphatic hydroxyl groups excluding tert-OH is 1. The number of aliphatic hydroxyl groups is 1. The van der Waals surface area contributed by atoms with Crippen molar-refractivity contribution in [2.24, 2.45) is 0 Å². The Hall–Kier alpha value is -0.940. The van der Waals surface area contributed by atoms with E-state index in [2.05, 4.69) is 47.1 Å². The van der Waals surface area contributed by atoms with Crippen LogP contribution < -0.4 is 0 Å². The van der Waals surface area contributed by atoms with Gasteiger partial charge in [0.1, 0.15) is 0 Å². The number of rotatable bonds is 2. The van der Waals surface area contributed by atoms with E-state index in [4.69, 9.17) is 0 Å². The van der Waals surface area contributed by atoms with E-state index in [9.17, 15) is 5.11 Å². The van der Waals surface area contributed by atoms with Gasteiger partial charge in [-0.25, -0.2) is 0 Å². The highest BCUT2D eigenvalue weighted by Gasteiger charge is 2.13. The molecule has 0 aromatic heterocycles. The lowest BCUT2D eigenvalue weighted by Crippen LogP contribution is -2.21. The highest BCUT2D eigenvalue weighted by molar-refractivity contribution is 9.10. The van der Waals surface area contributed by atoms with Gasteiger partial charge in [0, 0.05) is 14.3 Å². The van der Waals surface area contributed by atoms with Crippen LogP contribution in [-0.4, -0.2) is 29.3 Å². The van der Waals surface area contributed by atoms with Gasteiger partial charge in [-0.3, -0.25) is 4.90 Å². The Balaban J connectivity index is 2.68. The van der Waals surface area contributed by atoms with Crippen molar-refractivity contribution in [1.29, 1.82) is 0 Å². The number of aryl methyl sites for hydroxylation is 1. The largest absolute Gasteiger partial charge is 0.346 e. The van der Waals surface area contributed by atoms with Crippen LogP contribution in [0.2, 0.25) is 0 Å². The summed E-state index contributed by atoms with van der Waals surface area (Å²) in [6, 6.07) is 16.3. The molecule has 20 heavy (non-hydrogen) atoms. The van der Waals surface area contributed by atoms with E-state index >= 15 is 0 Å². The molecule has 0 saturated heterocycles. The second kappa shape index (κ2) is 6.68. The maximum atomic E-state index is 10.5. The topological polar surface area (TPSA) is 23.5 Å². The first kappa shape index (κ1) is 15.4. The first-order chi connectivity index (χ1) is 9.50. The Labute approximate surface area is 131 Å². The predicted molar refractivity (Wildman–Crippen MR) is 90.8 cm³/mol. The molecule has 4 heteroatoms. The van der Waals surface area contributed by atoms with Crippen LogP contribution >= 0.6 is 26.4 Å². The molecule has 1 unspecified atom stereocenters. The summed E-state index contributed by atoms with van der Waals surface area (Å²) in [5.41, 5.74) is 1.17. The van der Waals surface area contributed by atoms with E-state index in [-0.39, 0.29) is 0 Å². The molecule has 0 fully saturated rings. The zero-order chi connectivity index (χ0) is 14.7. The van der Waals surface area contributed by atoms with Crippen LogP contribution in [0.5, 0.6) is 0 Å². The van der Waals surface area contributed by atoms with E-state index in [1.807, 2.05) is 38.4 Å². The van der Waals surface area contributed by atoms with Crippen LogP contribution in [0, 0.1) is 6.92 Å². The highest BCUT2D eigenvalue weighted by Crippen LogP contribution is 2.39. The Morgan fingerprint density at radius 3 is 2.30 bits per heavy atom. The fourth-order valence-corrected chi connectivity index (χ4v) is 4.43. The first-order valence-electron chi connectivity index (χ1n) is 6.29. The zero-order valence-electron chi connectivity index (χ0n) is 11.8. The summed E-state index contributed by atoms with van der Waals surface area (Å²) in [4.78, 5) is 4.03. The molecule has 2 aromatic rings. The second-order valence-corrected chi connectivity index (χ2v) is 7.51. The summed E-state index contributed by atoms with van der Waals surface area (Å²) in [5.74, 6) is 0. The van der Waals surface area contributed by atoms with E-state index in [1.54, 1.807) is 4.90 Å². The highest BCUT2D eigenvalue weighted by atomic mass is 79.9. The van der Waals surface area contributed by atoms with Gasteiger partial charge in [0.05, 0.1) is 0 Å². The zero-order valence-corrected chi connectivity index (χ0v) is 14.2. The summed E-state index contributed by atoms with van der Waals surface area (Å²) in [5, 5.41) is 10.9. The number of hydrogen-bond acceptors (Lipinski definition) is 0. The molecule has 2 nitrogen and oxygen atoms in total. The average molecular weight is 352 g/mol. The van der Waals surface area contributed by atoms with Crippen molar-refractivity contribution in [2.45, 2.75) is 16.7 Å². The number of halogens is 1. The van der Waals surface area contributed by atoms with Crippen LogP contribution in [0.3, 0.4) is 0 Å². The van der Waals surface area contributed by atoms with E-state index in [1.165, 1.54) is 5.56 Å². The first-order valence-corrected chi connectivity index (χ1v) is 8.31. The quantitative estimate of drug-likeness (QED) is 0.795. The molecule has 106 valence electrons. The molecule has 0 aliphatic heterocycles. The third kappa shape index (κ3) is 3.38. The lowest BCUT2D eigenvalue weighted by Gasteiger charge is -2.19. The molecule has 0 bridgehead atoms. The molecular weight excluding hydrogens is 334 g/mol. The van der Waals surface area contributed by atoms with Gasteiger partial charge >= 0.3 is 0 Å². The Bertz CT molecular complexity index is 638. The minimum absolute atomic E-state index is 0.377. The standard InChI is InChI=1S/C16H18BrNOS/c1-12-11-13(17)9-10-15(12)20(16(19)18(2)3)14-7-5-4-6-8-14/h4-11,19H,1-3H3. The molecule has 2 rings (SSSR count). The van der Waals surface area contributed by atoms with Gasteiger partial charge in [0.2, 0.25) is 0 Å². The van der Waals surface area contributed by atoms with E-state index in [0.717, 1.165) is 14.3 Å². The molecule has 1 N–H and O–H groups in total. The van der Waals surface area contributed by atoms with Crippen LogP contribution in [0.4, 0.5) is 0 Å². The molecule has 2 aromatic carbocycles. The minimum Gasteiger partial charge on any atom is -0.346 e. The lowest BCUT2D eigenvalue weighted by atomic mass is 10.2. The van der Waals surface area contributed by atoms with Crippen molar-refractivity contribution >= 4 is 31.6 Å². The SMILES string of the molecule is Cc1cc(Br)ccc1S(=C(O)N(C)C)c1ccccc1. The molecule has 0 radical (unpaired) electrons. The molecule has 0 amide bonds. The maximum Gasteiger partial charge on any atom is 0.154 e. The fourth-order valence-electron chi connectivity index (χ4n) is 1.91. The van der Waals surface area contributed by atoms with E-state index in [0.29, 0.717) is 5.17 Å². The predicted octanol–water partition coefficient (Wildman–Crippen LogP) is 4.65. The van der Waals surface area contributed by atoms with Gasteiger partial charge in [-0.1, -0.05) is 44.6 Å². The second-order valence-electron chi connectivity index (χ2n) is 4.71. The Morgan fingerprint density at radius 2 is 1.75 bits per heavy atom.